The summed E-state index contributed by atoms with van der Waals surface area (Å²) < 4.78 is 5.02. The van der Waals surface area contributed by atoms with Crippen LogP contribution in [0.4, 0.5) is 4.79 Å². The molecule has 4 heterocycles. The van der Waals surface area contributed by atoms with Gasteiger partial charge in [0.1, 0.15) is 0 Å². The highest BCUT2D eigenvalue weighted by Crippen LogP contribution is 2.52. The molecular weight excluding hydrogens is 450 g/mol. The van der Waals surface area contributed by atoms with Crippen LogP contribution in [0.3, 0.4) is 0 Å². The van der Waals surface area contributed by atoms with E-state index in [1.807, 2.05) is 11.8 Å². The molecule has 7 atom stereocenters. The van der Waals surface area contributed by atoms with Gasteiger partial charge in [0, 0.05) is 30.8 Å². The number of amidine groups is 1. The maximum absolute atomic E-state index is 13.0. The molecule has 6 unspecified atom stereocenters. The van der Waals surface area contributed by atoms with Crippen LogP contribution in [-0.4, -0.2) is 92.9 Å². The van der Waals surface area contributed by atoms with Gasteiger partial charge >= 0.3 is 6.16 Å². The molecule has 182 valence electrons. The number of hydrogen-bond donors (Lipinski definition) is 4. The van der Waals surface area contributed by atoms with E-state index in [1.165, 1.54) is 16.7 Å². The lowest BCUT2D eigenvalue weighted by Crippen LogP contribution is -2.63. The molecule has 0 spiro atoms. The first kappa shape index (κ1) is 23.8. The minimum absolute atomic E-state index is 0.0188. The van der Waals surface area contributed by atoms with Crippen LogP contribution >= 0.6 is 11.8 Å². The third-order valence-electron chi connectivity index (χ3n) is 6.79. The van der Waals surface area contributed by atoms with Gasteiger partial charge in [0.15, 0.2) is 0 Å². The first-order valence-corrected chi connectivity index (χ1v) is 12.1. The van der Waals surface area contributed by atoms with E-state index in [0.717, 1.165) is 6.42 Å². The van der Waals surface area contributed by atoms with Crippen molar-refractivity contribution in [3.8, 4) is 0 Å². The summed E-state index contributed by atoms with van der Waals surface area (Å²) in [6, 6.07) is -0.613. The summed E-state index contributed by atoms with van der Waals surface area (Å²) in [4.78, 5) is 45.0. The highest BCUT2D eigenvalue weighted by Gasteiger charge is 2.60. The number of ether oxygens (including phenoxy) is 1. The molecule has 0 aromatic carbocycles. The van der Waals surface area contributed by atoms with Crippen molar-refractivity contribution >= 4 is 35.6 Å². The fourth-order valence-corrected chi connectivity index (χ4v) is 6.74. The van der Waals surface area contributed by atoms with Gasteiger partial charge in [-0.3, -0.25) is 19.5 Å². The number of β-lactam (4-membered cyclic amide) rings is 1. The third kappa shape index (κ3) is 4.43. The molecule has 11 nitrogen and oxygen atoms in total. The fourth-order valence-electron chi connectivity index (χ4n) is 5.32. The van der Waals surface area contributed by atoms with Crippen LogP contribution < -0.4 is 11.1 Å². The van der Waals surface area contributed by atoms with Crippen LogP contribution in [0, 0.1) is 11.8 Å². The van der Waals surface area contributed by atoms with Crippen molar-refractivity contribution in [2.24, 2.45) is 22.6 Å². The Bertz CT molecular complexity index is 904. The van der Waals surface area contributed by atoms with Gasteiger partial charge in [-0.2, -0.15) is 0 Å². The molecular formula is C21H31N5O6S. The van der Waals surface area contributed by atoms with Crippen molar-refractivity contribution in [3.05, 3.63) is 10.8 Å². The predicted octanol–water partition coefficient (Wildman–Crippen LogP) is 0.149. The van der Waals surface area contributed by atoms with E-state index >= 15 is 0 Å². The number of thioether (sulfide) groups is 1. The third-order valence-corrected chi connectivity index (χ3v) is 8.28. The Morgan fingerprint density at radius 3 is 2.76 bits per heavy atom. The average molecular weight is 482 g/mol. The van der Waals surface area contributed by atoms with Gasteiger partial charge in [0.05, 0.1) is 40.9 Å². The lowest BCUT2D eigenvalue weighted by Gasteiger charge is -2.45. The van der Waals surface area contributed by atoms with Gasteiger partial charge in [-0.05, 0) is 26.7 Å². The number of hydrogen-bond acceptors (Lipinski definition) is 8. The Morgan fingerprint density at radius 1 is 1.39 bits per heavy atom. The minimum Gasteiger partial charge on any atom is -0.449 e. The number of aliphatic hydroxyl groups is 1. The quantitative estimate of drug-likeness (QED) is 0.179. The van der Waals surface area contributed by atoms with Crippen molar-refractivity contribution in [2.45, 2.75) is 63.1 Å². The van der Waals surface area contributed by atoms with Gasteiger partial charge in [-0.25, -0.2) is 4.79 Å². The number of nitrogens with one attached hydrogen (secondary N) is 1. The zero-order valence-corrected chi connectivity index (χ0v) is 19.7. The fraction of sp³-hybridized carbons (Fsp3) is 0.714. The molecule has 12 heteroatoms. The van der Waals surface area contributed by atoms with E-state index in [4.69, 9.17) is 10.5 Å². The van der Waals surface area contributed by atoms with Crippen molar-refractivity contribution in [2.75, 3.05) is 19.6 Å². The van der Waals surface area contributed by atoms with Gasteiger partial charge < -0.3 is 30.9 Å². The zero-order valence-electron chi connectivity index (χ0n) is 18.9. The summed E-state index contributed by atoms with van der Waals surface area (Å²) in [5.74, 6) is -0.486. The van der Waals surface area contributed by atoms with E-state index in [1.54, 1.807) is 13.8 Å². The Morgan fingerprint density at radius 2 is 2.12 bits per heavy atom. The topological polar surface area (TPSA) is 158 Å². The summed E-state index contributed by atoms with van der Waals surface area (Å²) in [5.41, 5.74) is 5.66. The van der Waals surface area contributed by atoms with Crippen LogP contribution in [0.5, 0.6) is 0 Å². The average Bonchev–Trinajstić information content (AvgIpc) is 3.41. The highest BCUT2D eigenvalue weighted by molar-refractivity contribution is 8.03. The summed E-state index contributed by atoms with van der Waals surface area (Å²) in [7, 11) is 0. The van der Waals surface area contributed by atoms with Crippen LogP contribution in [0.15, 0.2) is 15.8 Å². The van der Waals surface area contributed by atoms with Crippen molar-refractivity contribution in [1.29, 1.82) is 0 Å². The molecule has 0 aliphatic carbocycles. The molecule has 0 bridgehead atoms. The number of amides is 2. The lowest BCUT2D eigenvalue weighted by atomic mass is 9.79. The zero-order chi connectivity index (χ0) is 24.0. The minimum atomic E-state index is -1.49. The standard InChI is InChI=1S/C21H31N5O6S/c1-9-16-15(10(2)27)19(29)26(16)20(32-21(30)31)17(9)33-13-6-14(23-7-13)18(28)25-5-4-12(8-25)24-11(3)22/h9-10,12-16,23,27H,4-8H2,1-3H3,(H2,22,24)(H,30,31)/t9?,10?,12?,13?,14?,15?,16-/m0/s1. The molecule has 4 rings (SSSR count). The number of carbonyl (C=O) groups is 3. The maximum atomic E-state index is 13.0. The number of aliphatic hydroxyl groups excluding tert-OH is 1. The number of rotatable bonds is 6. The van der Waals surface area contributed by atoms with Crippen LogP contribution in [0.1, 0.15) is 33.6 Å². The number of likely N-dealkylation sites (tertiary alicyclic amines) is 1. The van der Waals surface area contributed by atoms with Crippen molar-refractivity contribution in [3.63, 3.8) is 0 Å². The first-order valence-electron chi connectivity index (χ1n) is 11.2. The van der Waals surface area contributed by atoms with E-state index in [0.29, 0.717) is 36.8 Å². The smallest absolute Gasteiger partial charge is 0.449 e. The number of carboxylic acid groups (broad SMARTS) is 1. The van der Waals surface area contributed by atoms with E-state index in [2.05, 4.69) is 10.3 Å². The molecule has 4 aliphatic rings. The normalized spacial score (nSPS) is 35.0. The summed E-state index contributed by atoms with van der Waals surface area (Å²) in [6.07, 6.45) is -0.940. The largest absolute Gasteiger partial charge is 0.512 e. The molecule has 0 saturated carbocycles. The molecule has 5 N–H and O–H groups in total. The van der Waals surface area contributed by atoms with Crippen LogP contribution in [0.2, 0.25) is 0 Å². The monoisotopic (exact) mass is 481 g/mol. The summed E-state index contributed by atoms with van der Waals surface area (Å²) in [6.45, 7) is 7.00. The molecule has 0 aromatic rings. The SMILES string of the molecule is CC(N)=NC1CCN(C(=O)C2CC(SC3=C(OC(=O)O)N4C(=O)C(C(C)O)[C@@H]4C3C)CN2)C1. The predicted molar refractivity (Wildman–Crippen MR) is 121 cm³/mol. The second-order valence-corrected chi connectivity index (χ2v) is 10.6. The molecule has 3 saturated heterocycles. The van der Waals surface area contributed by atoms with E-state index in [9.17, 15) is 24.6 Å². The van der Waals surface area contributed by atoms with Crippen LogP contribution in [-0.2, 0) is 14.3 Å². The van der Waals surface area contributed by atoms with Gasteiger partial charge in [0.2, 0.25) is 17.7 Å². The van der Waals surface area contributed by atoms with Gasteiger partial charge in [-0.1, -0.05) is 6.92 Å². The Labute approximate surface area is 196 Å². The lowest BCUT2D eigenvalue weighted by molar-refractivity contribution is -0.163. The molecule has 4 aliphatic heterocycles. The number of aliphatic imine (C=N–C) groups is 1. The molecule has 0 aromatic heterocycles. The van der Waals surface area contributed by atoms with Crippen molar-refractivity contribution in [1.82, 2.24) is 15.1 Å². The Kier molecular flexibility index (Phi) is 6.61. The number of carbonyl (C=O) groups excluding carboxylic acids is 2. The van der Waals surface area contributed by atoms with E-state index in [-0.39, 0.29) is 47.0 Å². The second kappa shape index (κ2) is 9.15. The highest BCUT2D eigenvalue weighted by atomic mass is 32.2. The number of nitrogens with two attached hydrogens (primary N) is 1. The summed E-state index contributed by atoms with van der Waals surface area (Å²) in [5, 5.41) is 22.5. The molecule has 2 amide bonds. The molecule has 0 radical (unpaired) electrons. The number of fused-ring (bicyclic) bond motifs is 1. The molecule has 3 fully saturated rings. The Hall–Kier alpha value is -2.31. The van der Waals surface area contributed by atoms with Gasteiger partial charge in [0.25, 0.3) is 0 Å². The maximum Gasteiger partial charge on any atom is 0.512 e. The van der Waals surface area contributed by atoms with E-state index < -0.39 is 18.2 Å². The second-order valence-electron chi connectivity index (χ2n) is 9.22. The Balaban J connectivity index is 1.42. The molecule has 33 heavy (non-hydrogen) atoms. The van der Waals surface area contributed by atoms with Crippen LogP contribution in [0.25, 0.3) is 0 Å². The van der Waals surface area contributed by atoms with Crippen molar-refractivity contribution < 1.29 is 29.3 Å². The van der Waals surface area contributed by atoms with Gasteiger partial charge in [-0.15, -0.1) is 11.8 Å². The number of nitrogens with zero attached hydrogens (tertiary/aromatic N) is 3. The summed E-state index contributed by atoms with van der Waals surface area (Å²) >= 11 is 1.45. The first-order chi connectivity index (χ1) is 15.6.